The van der Waals surface area contributed by atoms with Crippen LogP contribution in [0.25, 0.3) is 32.7 Å². The molecule has 1 aromatic carbocycles. The number of nitrogens with zero attached hydrogens (tertiary/aromatic N) is 2. The van der Waals surface area contributed by atoms with Crippen molar-refractivity contribution in [1.82, 2.24) is 4.98 Å². The SMILES string of the molecule is COC(=O)c1sc(-c2ccc(-c3cc4cnccc4o3)cc2)cc1N(C(=O)C1CCC(C)CC1)C(C)C. The standard InChI is InChI=1S/C30H32N2O4S/c1-18(2)32(29(33)22-7-5-19(3)6-8-22)24-16-27(37-28(24)30(34)35-4)21-11-9-20(10-12-21)26-15-23-17-31-14-13-25(23)36-26/h9-19,22H,5-8H2,1-4H3. The van der Waals surface area contributed by atoms with Gasteiger partial charge in [0, 0.05) is 40.2 Å². The summed E-state index contributed by atoms with van der Waals surface area (Å²) in [5, 5.41) is 0.957. The van der Waals surface area contributed by atoms with Crippen molar-refractivity contribution in [2.24, 2.45) is 11.8 Å². The molecule has 0 radical (unpaired) electrons. The molecule has 3 aromatic heterocycles. The Kier molecular flexibility index (Phi) is 7.15. The van der Waals surface area contributed by atoms with Crippen LogP contribution in [-0.2, 0) is 9.53 Å². The third-order valence-corrected chi connectivity index (χ3v) is 8.39. The van der Waals surface area contributed by atoms with Gasteiger partial charge in [0.15, 0.2) is 0 Å². The number of benzene rings is 1. The van der Waals surface area contributed by atoms with Gasteiger partial charge in [0.2, 0.25) is 5.91 Å². The molecule has 5 rings (SSSR count). The minimum Gasteiger partial charge on any atom is -0.465 e. The number of pyridine rings is 1. The predicted octanol–water partition coefficient (Wildman–Crippen LogP) is 7.58. The molecule has 0 spiro atoms. The quantitative estimate of drug-likeness (QED) is 0.247. The Morgan fingerprint density at radius 3 is 2.41 bits per heavy atom. The van der Waals surface area contributed by atoms with Crippen molar-refractivity contribution in [2.45, 2.75) is 52.5 Å². The minimum atomic E-state index is -0.422. The number of furan rings is 1. The van der Waals surface area contributed by atoms with Crippen LogP contribution in [0.3, 0.4) is 0 Å². The highest BCUT2D eigenvalue weighted by Crippen LogP contribution is 2.41. The average Bonchev–Trinajstić information content (AvgIpc) is 3.54. The molecule has 7 heteroatoms. The highest BCUT2D eigenvalue weighted by Gasteiger charge is 2.33. The predicted molar refractivity (Wildman–Crippen MR) is 148 cm³/mol. The number of fused-ring (bicyclic) bond motifs is 1. The lowest BCUT2D eigenvalue weighted by molar-refractivity contribution is -0.123. The van der Waals surface area contributed by atoms with Crippen LogP contribution < -0.4 is 4.90 Å². The topological polar surface area (TPSA) is 72.6 Å². The number of thiophene rings is 1. The van der Waals surface area contributed by atoms with Crippen molar-refractivity contribution in [2.75, 3.05) is 12.0 Å². The molecule has 4 aromatic rings. The summed E-state index contributed by atoms with van der Waals surface area (Å²) in [6.07, 6.45) is 7.42. The zero-order chi connectivity index (χ0) is 26.1. The van der Waals surface area contributed by atoms with Crippen LogP contribution in [0.4, 0.5) is 5.69 Å². The first-order chi connectivity index (χ1) is 17.9. The molecule has 0 aliphatic heterocycles. The summed E-state index contributed by atoms with van der Waals surface area (Å²) in [6.45, 7) is 6.25. The molecule has 0 atom stereocenters. The van der Waals surface area contributed by atoms with Gasteiger partial charge in [-0.05, 0) is 69.2 Å². The van der Waals surface area contributed by atoms with Crippen LogP contribution in [0.5, 0.6) is 0 Å². The Morgan fingerprint density at radius 1 is 1.05 bits per heavy atom. The molecular weight excluding hydrogens is 484 g/mol. The van der Waals surface area contributed by atoms with Gasteiger partial charge in [0.25, 0.3) is 0 Å². The highest BCUT2D eigenvalue weighted by atomic mass is 32.1. The number of anilines is 1. The molecule has 1 aliphatic carbocycles. The monoisotopic (exact) mass is 516 g/mol. The summed E-state index contributed by atoms with van der Waals surface area (Å²) in [5.41, 5.74) is 3.35. The first-order valence-corrected chi connectivity index (χ1v) is 13.7. The third-order valence-electron chi connectivity index (χ3n) is 7.23. The number of methoxy groups -OCH3 is 1. The molecule has 192 valence electrons. The van der Waals surface area contributed by atoms with Gasteiger partial charge in [-0.2, -0.15) is 0 Å². The molecule has 3 heterocycles. The van der Waals surface area contributed by atoms with E-state index in [-0.39, 0.29) is 17.9 Å². The first kappa shape index (κ1) is 25.2. The van der Waals surface area contributed by atoms with Crippen LogP contribution in [0.1, 0.15) is 56.1 Å². The van der Waals surface area contributed by atoms with Gasteiger partial charge in [0.1, 0.15) is 16.2 Å². The van der Waals surface area contributed by atoms with E-state index < -0.39 is 5.97 Å². The maximum atomic E-state index is 13.7. The maximum Gasteiger partial charge on any atom is 0.350 e. The molecule has 6 nitrogen and oxygen atoms in total. The minimum absolute atomic E-state index is 0.00857. The number of aromatic nitrogens is 1. The van der Waals surface area contributed by atoms with Gasteiger partial charge < -0.3 is 14.1 Å². The average molecular weight is 517 g/mol. The summed E-state index contributed by atoms with van der Waals surface area (Å²) in [6, 6.07) is 13.8. The fraction of sp³-hybridized carbons (Fsp3) is 0.367. The van der Waals surface area contributed by atoms with Crippen molar-refractivity contribution in [3.05, 3.63) is 59.7 Å². The van der Waals surface area contributed by atoms with Gasteiger partial charge in [-0.25, -0.2) is 4.79 Å². The van der Waals surface area contributed by atoms with Gasteiger partial charge in [-0.15, -0.1) is 11.3 Å². The number of hydrogen-bond donors (Lipinski definition) is 0. The highest BCUT2D eigenvalue weighted by molar-refractivity contribution is 7.18. The van der Waals surface area contributed by atoms with Crippen LogP contribution >= 0.6 is 11.3 Å². The van der Waals surface area contributed by atoms with E-state index in [0.717, 1.165) is 58.4 Å². The molecular formula is C30H32N2O4S. The first-order valence-electron chi connectivity index (χ1n) is 12.8. The number of amides is 1. The Labute approximate surface area is 221 Å². The van der Waals surface area contributed by atoms with E-state index in [2.05, 4.69) is 11.9 Å². The Hall–Kier alpha value is -3.45. The Bertz CT molecular complexity index is 1380. The Balaban J connectivity index is 1.48. The zero-order valence-corrected chi connectivity index (χ0v) is 22.5. The van der Waals surface area contributed by atoms with Crippen molar-refractivity contribution in [3.8, 4) is 21.8 Å². The summed E-state index contributed by atoms with van der Waals surface area (Å²) < 4.78 is 11.1. The molecule has 0 N–H and O–H groups in total. The second-order valence-corrected chi connectivity index (χ2v) is 11.2. The maximum absolute atomic E-state index is 13.7. The van der Waals surface area contributed by atoms with Crippen LogP contribution in [0.15, 0.2) is 59.3 Å². The molecule has 1 amide bonds. The van der Waals surface area contributed by atoms with Crippen molar-refractivity contribution >= 4 is 39.9 Å². The molecule has 0 unspecified atom stereocenters. The number of carbonyl (C=O) groups excluding carboxylic acids is 2. The smallest absolute Gasteiger partial charge is 0.350 e. The second-order valence-electron chi connectivity index (χ2n) is 10.2. The summed E-state index contributed by atoms with van der Waals surface area (Å²) in [5.74, 6) is 1.11. The van der Waals surface area contributed by atoms with E-state index in [9.17, 15) is 9.59 Å². The van der Waals surface area contributed by atoms with Gasteiger partial charge >= 0.3 is 5.97 Å². The number of esters is 1. The molecule has 1 aliphatic rings. The van der Waals surface area contributed by atoms with E-state index in [1.165, 1.54) is 18.4 Å². The summed E-state index contributed by atoms with van der Waals surface area (Å²) >= 11 is 1.36. The number of carbonyl (C=O) groups is 2. The van der Waals surface area contributed by atoms with Crippen molar-refractivity contribution in [3.63, 3.8) is 0 Å². The van der Waals surface area contributed by atoms with Crippen molar-refractivity contribution in [1.29, 1.82) is 0 Å². The lowest BCUT2D eigenvalue weighted by Crippen LogP contribution is -2.42. The van der Waals surface area contributed by atoms with Crippen molar-refractivity contribution < 1.29 is 18.7 Å². The fourth-order valence-electron chi connectivity index (χ4n) is 5.12. The van der Waals surface area contributed by atoms with Crippen LogP contribution in [0.2, 0.25) is 0 Å². The van der Waals surface area contributed by atoms with E-state index in [4.69, 9.17) is 9.15 Å². The van der Waals surface area contributed by atoms with Crippen LogP contribution in [-0.4, -0.2) is 30.0 Å². The third kappa shape index (κ3) is 5.05. The van der Waals surface area contributed by atoms with E-state index in [0.29, 0.717) is 16.5 Å². The van der Waals surface area contributed by atoms with Crippen LogP contribution in [0, 0.1) is 11.8 Å². The molecule has 0 saturated heterocycles. The summed E-state index contributed by atoms with van der Waals surface area (Å²) in [7, 11) is 1.38. The fourth-order valence-corrected chi connectivity index (χ4v) is 6.19. The second kappa shape index (κ2) is 10.5. The molecule has 1 saturated carbocycles. The number of ether oxygens (including phenoxy) is 1. The lowest BCUT2D eigenvalue weighted by Gasteiger charge is -2.33. The van der Waals surface area contributed by atoms with Gasteiger partial charge in [-0.1, -0.05) is 31.2 Å². The summed E-state index contributed by atoms with van der Waals surface area (Å²) in [4.78, 5) is 33.8. The lowest BCUT2D eigenvalue weighted by atomic mass is 9.82. The van der Waals surface area contributed by atoms with Gasteiger partial charge in [0.05, 0.1) is 12.8 Å². The van der Waals surface area contributed by atoms with E-state index >= 15 is 0 Å². The van der Waals surface area contributed by atoms with Gasteiger partial charge in [-0.3, -0.25) is 9.78 Å². The van der Waals surface area contributed by atoms with E-state index in [1.54, 1.807) is 12.4 Å². The Morgan fingerprint density at radius 2 is 1.76 bits per heavy atom. The molecule has 37 heavy (non-hydrogen) atoms. The van der Waals surface area contributed by atoms with E-state index in [1.807, 2.05) is 61.2 Å². The number of hydrogen-bond acceptors (Lipinski definition) is 6. The normalized spacial score (nSPS) is 17.8. The molecule has 1 fully saturated rings. The zero-order valence-electron chi connectivity index (χ0n) is 21.7. The number of rotatable bonds is 6. The molecule has 0 bridgehead atoms. The largest absolute Gasteiger partial charge is 0.465 e.